The van der Waals surface area contributed by atoms with Gasteiger partial charge in [-0.05, 0) is 38.8 Å². The van der Waals surface area contributed by atoms with E-state index in [1.54, 1.807) is 30.3 Å². The fraction of sp³-hybridized carbons (Fsp3) is 0.444. The number of pyridine rings is 1. The maximum absolute atomic E-state index is 12.7. The van der Waals surface area contributed by atoms with Gasteiger partial charge in [0.1, 0.15) is 6.10 Å². The molecule has 7 nitrogen and oxygen atoms in total. The number of rotatable bonds is 4. The molecule has 0 spiro atoms. The monoisotopic (exact) mass is 342 g/mol. The van der Waals surface area contributed by atoms with Gasteiger partial charge < -0.3 is 14.4 Å². The summed E-state index contributed by atoms with van der Waals surface area (Å²) in [5.41, 5.74) is 2.29. The Morgan fingerprint density at radius 1 is 1.24 bits per heavy atom. The molecule has 1 aliphatic rings. The lowest BCUT2D eigenvalue weighted by Gasteiger charge is -2.32. The van der Waals surface area contributed by atoms with Gasteiger partial charge in [-0.2, -0.15) is 0 Å². The molecule has 1 saturated heterocycles. The maximum Gasteiger partial charge on any atom is 0.317 e. The van der Waals surface area contributed by atoms with Gasteiger partial charge in [0.05, 0.1) is 19.2 Å². The number of hydrogen-bond donors (Lipinski definition) is 0. The second kappa shape index (κ2) is 7.46. The Kier molecular flexibility index (Phi) is 5.11. The minimum absolute atomic E-state index is 0.0511. The van der Waals surface area contributed by atoms with E-state index in [2.05, 4.69) is 15.0 Å². The number of methoxy groups -OCH3 is 1. The lowest BCUT2D eigenvalue weighted by atomic mass is 10.1. The lowest BCUT2D eigenvalue weighted by Crippen LogP contribution is -2.44. The summed E-state index contributed by atoms with van der Waals surface area (Å²) in [6.45, 7) is 5.05. The van der Waals surface area contributed by atoms with E-state index in [4.69, 9.17) is 9.47 Å². The molecule has 0 saturated carbocycles. The highest BCUT2D eigenvalue weighted by molar-refractivity contribution is 5.94. The number of aromatic nitrogens is 3. The highest BCUT2D eigenvalue weighted by Crippen LogP contribution is 2.18. The molecule has 0 N–H and O–H groups in total. The number of hydrogen-bond acceptors (Lipinski definition) is 6. The molecule has 1 atom stereocenters. The lowest BCUT2D eigenvalue weighted by molar-refractivity contribution is 0.0514. The molecule has 1 fully saturated rings. The van der Waals surface area contributed by atoms with Crippen molar-refractivity contribution in [2.75, 3.05) is 20.2 Å². The summed E-state index contributed by atoms with van der Waals surface area (Å²) in [6.07, 6.45) is 3.19. The van der Waals surface area contributed by atoms with Crippen LogP contribution in [0.1, 0.15) is 34.6 Å². The Hall–Kier alpha value is -2.70. The molecule has 0 unspecified atom stereocenters. The van der Waals surface area contributed by atoms with Crippen LogP contribution in [0.3, 0.4) is 0 Å². The van der Waals surface area contributed by atoms with Gasteiger partial charge >= 0.3 is 6.01 Å². The summed E-state index contributed by atoms with van der Waals surface area (Å²) >= 11 is 0. The van der Waals surface area contributed by atoms with Crippen LogP contribution in [0.5, 0.6) is 11.9 Å². The van der Waals surface area contributed by atoms with Crippen molar-refractivity contribution < 1.29 is 14.3 Å². The van der Waals surface area contributed by atoms with Crippen LogP contribution < -0.4 is 9.47 Å². The summed E-state index contributed by atoms with van der Waals surface area (Å²) in [4.78, 5) is 27.2. The van der Waals surface area contributed by atoms with Gasteiger partial charge in [-0.25, -0.2) is 15.0 Å². The molecule has 0 aliphatic carbocycles. The Balaban J connectivity index is 1.66. The van der Waals surface area contributed by atoms with Gasteiger partial charge in [-0.1, -0.05) is 0 Å². The molecular weight excluding hydrogens is 320 g/mol. The van der Waals surface area contributed by atoms with E-state index in [0.29, 0.717) is 30.5 Å². The number of nitrogens with zero attached hydrogens (tertiary/aromatic N) is 4. The van der Waals surface area contributed by atoms with E-state index in [1.165, 1.54) is 0 Å². The van der Waals surface area contributed by atoms with Crippen molar-refractivity contribution in [3.63, 3.8) is 0 Å². The second-order valence-corrected chi connectivity index (χ2v) is 6.16. The first kappa shape index (κ1) is 17.1. The Labute approximate surface area is 147 Å². The van der Waals surface area contributed by atoms with Gasteiger partial charge in [-0.15, -0.1) is 0 Å². The molecule has 0 aromatic carbocycles. The molecule has 2 aromatic rings. The van der Waals surface area contributed by atoms with E-state index < -0.39 is 0 Å². The highest BCUT2D eigenvalue weighted by atomic mass is 16.5. The van der Waals surface area contributed by atoms with E-state index in [0.717, 1.165) is 24.2 Å². The van der Waals surface area contributed by atoms with E-state index >= 15 is 0 Å². The summed E-state index contributed by atoms with van der Waals surface area (Å²) in [5.74, 6) is 0.438. The van der Waals surface area contributed by atoms with Gasteiger partial charge in [0.25, 0.3) is 5.91 Å². The largest absolute Gasteiger partial charge is 0.481 e. The third kappa shape index (κ3) is 4.23. The number of aryl methyl sites for hydroxylation is 2. The van der Waals surface area contributed by atoms with Gasteiger partial charge in [0.2, 0.25) is 5.88 Å². The first-order chi connectivity index (χ1) is 12.0. The minimum atomic E-state index is -0.106. The van der Waals surface area contributed by atoms with Crippen LogP contribution in [0.25, 0.3) is 0 Å². The molecule has 3 rings (SSSR count). The molecule has 0 radical (unpaired) electrons. The Morgan fingerprint density at radius 3 is 2.64 bits per heavy atom. The van der Waals surface area contributed by atoms with Crippen molar-refractivity contribution in [2.45, 2.75) is 32.8 Å². The zero-order valence-electron chi connectivity index (χ0n) is 14.7. The number of ether oxygens (including phenoxy) is 2. The van der Waals surface area contributed by atoms with Gasteiger partial charge in [-0.3, -0.25) is 4.79 Å². The fourth-order valence-corrected chi connectivity index (χ4v) is 2.92. The topological polar surface area (TPSA) is 77.4 Å². The summed E-state index contributed by atoms with van der Waals surface area (Å²) in [6, 6.07) is 5.70. The van der Waals surface area contributed by atoms with Crippen LogP contribution in [0, 0.1) is 13.8 Å². The number of likely N-dealkylation sites (tertiary alicyclic amines) is 1. The zero-order valence-corrected chi connectivity index (χ0v) is 14.7. The number of piperidine rings is 1. The van der Waals surface area contributed by atoms with Crippen LogP contribution in [0.4, 0.5) is 0 Å². The van der Waals surface area contributed by atoms with Crippen molar-refractivity contribution in [1.82, 2.24) is 19.9 Å². The predicted octanol–water partition coefficient (Wildman–Crippen LogP) is 2.18. The fourth-order valence-electron chi connectivity index (χ4n) is 2.92. The molecule has 132 valence electrons. The first-order valence-electron chi connectivity index (χ1n) is 8.33. The van der Waals surface area contributed by atoms with Gasteiger partial charge in [0, 0.05) is 30.2 Å². The molecular formula is C18H22N4O3. The molecule has 2 aromatic heterocycles. The molecule has 0 bridgehead atoms. The average molecular weight is 342 g/mol. The van der Waals surface area contributed by atoms with Crippen LogP contribution in [-0.2, 0) is 0 Å². The third-order valence-electron chi connectivity index (χ3n) is 4.09. The van der Waals surface area contributed by atoms with Gasteiger partial charge in [0.15, 0.2) is 0 Å². The second-order valence-electron chi connectivity index (χ2n) is 6.16. The molecule has 1 amide bonds. The van der Waals surface area contributed by atoms with Crippen LogP contribution in [-0.4, -0.2) is 52.1 Å². The van der Waals surface area contributed by atoms with Crippen LogP contribution >= 0.6 is 0 Å². The Morgan fingerprint density at radius 2 is 2.00 bits per heavy atom. The first-order valence-corrected chi connectivity index (χ1v) is 8.33. The van der Waals surface area contributed by atoms with E-state index in [-0.39, 0.29) is 12.0 Å². The SMILES string of the molecule is COc1ccc(C(=O)N2CCC[C@@H](Oc3nc(C)cc(C)n3)C2)cn1. The summed E-state index contributed by atoms with van der Waals surface area (Å²) in [7, 11) is 1.55. The smallest absolute Gasteiger partial charge is 0.317 e. The highest BCUT2D eigenvalue weighted by Gasteiger charge is 2.26. The van der Waals surface area contributed by atoms with Crippen molar-refractivity contribution in [3.05, 3.63) is 41.3 Å². The standard InChI is InChI=1S/C18H22N4O3/c1-12-9-13(2)21-18(20-12)25-15-5-4-8-22(11-15)17(23)14-6-7-16(24-3)19-10-14/h6-7,9-10,15H,4-5,8,11H2,1-3H3/t15-/m1/s1. The van der Waals surface area contributed by atoms with E-state index in [1.807, 2.05) is 19.9 Å². The number of carbonyl (C=O) groups is 1. The predicted molar refractivity (Wildman–Crippen MR) is 91.8 cm³/mol. The molecule has 7 heteroatoms. The quantitative estimate of drug-likeness (QED) is 0.847. The number of amides is 1. The summed E-state index contributed by atoms with van der Waals surface area (Å²) < 4.78 is 10.9. The Bertz CT molecular complexity index is 728. The molecule has 25 heavy (non-hydrogen) atoms. The van der Waals surface area contributed by atoms with Crippen LogP contribution in [0.15, 0.2) is 24.4 Å². The van der Waals surface area contributed by atoms with Crippen molar-refractivity contribution >= 4 is 5.91 Å². The minimum Gasteiger partial charge on any atom is -0.481 e. The average Bonchev–Trinajstić information content (AvgIpc) is 2.60. The van der Waals surface area contributed by atoms with Crippen LogP contribution in [0.2, 0.25) is 0 Å². The van der Waals surface area contributed by atoms with E-state index in [9.17, 15) is 4.79 Å². The molecule has 3 heterocycles. The van der Waals surface area contributed by atoms with Crippen molar-refractivity contribution in [2.24, 2.45) is 0 Å². The molecule has 1 aliphatic heterocycles. The summed E-state index contributed by atoms with van der Waals surface area (Å²) in [5, 5.41) is 0. The normalized spacial score (nSPS) is 17.2. The zero-order chi connectivity index (χ0) is 17.8. The number of carbonyl (C=O) groups excluding carboxylic acids is 1. The third-order valence-corrected chi connectivity index (χ3v) is 4.09. The van der Waals surface area contributed by atoms with Crippen molar-refractivity contribution in [1.29, 1.82) is 0 Å². The van der Waals surface area contributed by atoms with Crippen molar-refractivity contribution in [3.8, 4) is 11.9 Å². The maximum atomic E-state index is 12.7.